The van der Waals surface area contributed by atoms with Crippen molar-refractivity contribution in [2.45, 2.75) is 54.2 Å². The Balaban J connectivity index is 0.00000225. The van der Waals surface area contributed by atoms with Crippen LogP contribution in [0.4, 0.5) is 0 Å². The number of sulfone groups is 1. The molecule has 2 fully saturated rings. The van der Waals surface area contributed by atoms with Gasteiger partial charge in [-0.1, -0.05) is 24.4 Å². The van der Waals surface area contributed by atoms with Crippen molar-refractivity contribution in [1.29, 1.82) is 0 Å². The van der Waals surface area contributed by atoms with Crippen LogP contribution in [-0.2, 0) is 14.6 Å². The van der Waals surface area contributed by atoms with Crippen molar-refractivity contribution in [3.8, 4) is 0 Å². The maximum Gasteiger partial charge on any atom is 0.242 e. The summed E-state index contributed by atoms with van der Waals surface area (Å²) in [6.07, 6.45) is 4.14. The molecule has 1 atom stereocenters. The van der Waals surface area contributed by atoms with Crippen molar-refractivity contribution in [3.63, 3.8) is 0 Å². The third-order valence-electron chi connectivity index (χ3n) is 5.10. The second-order valence-electron chi connectivity index (χ2n) is 6.68. The number of halogens is 2. The highest BCUT2D eigenvalue weighted by Crippen LogP contribution is 2.41. The third-order valence-corrected chi connectivity index (χ3v) is 7.86. The number of carbonyl (C=O) groups is 1. The number of nitrogens with one attached hydrogen (secondary N) is 2. The molecule has 0 bridgehead atoms. The molecule has 1 heterocycles. The second kappa shape index (κ2) is 8.25. The maximum atomic E-state index is 13.2. The summed E-state index contributed by atoms with van der Waals surface area (Å²) in [5, 5.41) is 6.70. The fourth-order valence-corrected chi connectivity index (χ4v) is 5.90. The monoisotopic (exact) mass is 406 g/mol. The van der Waals surface area contributed by atoms with Gasteiger partial charge in [-0.2, -0.15) is 0 Å². The van der Waals surface area contributed by atoms with Gasteiger partial charge in [-0.05, 0) is 56.5 Å². The van der Waals surface area contributed by atoms with Crippen LogP contribution >= 0.6 is 24.0 Å². The van der Waals surface area contributed by atoms with E-state index in [9.17, 15) is 13.2 Å². The summed E-state index contributed by atoms with van der Waals surface area (Å²) in [4.78, 5) is 13.2. The highest BCUT2D eigenvalue weighted by atomic mass is 35.5. The first-order valence-corrected chi connectivity index (χ1v) is 10.3. The van der Waals surface area contributed by atoms with E-state index >= 15 is 0 Å². The molecule has 0 aromatic heterocycles. The molecule has 1 amide bonds. The number of amides is 1. The summed E-state index contributed by atoms with van der Waals surface area (Å²) in [6, 6.07) is 6.10. The maximum absolute atomic E-state index is 13.2. The van der Waals surface area contributed by atoms with E-state index < -0.39 is 14.6 Å². The predicted octanol–water partition coefficient (Wildman–Crippen LogP) is 2.72. The zero-order valence-electron chi connectivity index (χ0n) is 14.0. The lowest BCUT2D eigenvalue weighted by molar-refractivity contribution is -0.124. The Kier molecular flexibility index (Phi) is 6.76. The van der Waals surface area contributed by atoms with Gasteiger partial charge in [-0.3, -0.25) is 4.79 Å². The van der Waals surface area contributed by atoms with Crippen molar-refractivity contribution in [1.82, 2.24) is 10.6 Å². The van der Waals surface area contributed by atoms with Crippen LogP contribution in [0.2, 0.25) is 5.02 Å². The molecule has 0 radical (unpaired) electrons. The molecule has 1 aromatic rings. The Morgan fingerprint density at radius 3 is 2.36 bits per heavy atom. The number of piperidine rings is 1. The summed E-state index contributed by atoms with van der Waals surface area (Å²) >= 11 is 5.87. The zero-order valence-corrected chi connectivity index (χ0v) is 16.4. The van der Waals surface area contributed by atoms with Gasteiger partial charge in [0.1, 0.15) is 0 Å². The number of rotatable bonds is 4. The molecule has 1 saturated carbocycles. The topological polar surface area (TPSA) is 75.3 Å². The zero-order chi connectivity index (χ0) is 17.2. The van der Waals surface area contributed by atoms with E-state index in [2.05, 4.69) is 10.6 Å². The van der Waals surface area contributed by atoms with Crippen LogP contribution in [0.3, 0.4) is 0 Å². The molecule has 1 aliphatic heterocycles. The Hall–Kier alpha value is -0.820. The van der Waals surface area contributed by atoms with Crippen LogP contribution in [0.15, 0.2) is 29.2 Å². The van der Waals surface area contributed by atoms with Crippen LogP contribution in [-0.4, -0.2) is 38.2 Å². The Morgan fingerprint density at radius 2 is 1.80 bits per heavy atom. The van der Waals surface area contributed by atoms with Gasteiger partial charge in [0, 0.05) is 17.6 Å². The molecule has 140 valence electrons. The molecular formula is C17H24Cl2N2O3S. The third kappa shape index (κ3) is 3.97. The van der Waals surface area contributed by atoms with Crippen LogP contribution in [0.25, 0.3) is 0 Å². The van der Waals surface area contributed by atoms with Gasteiger partial charge in [-0.25, -0.2) is 8.42 Å². The molecule has 0 unspecified atom stereocenters. The predicted molar refractivity (Wildman–Crippen MR) is 101 cm³/mol. The fraction of sp³-hybridized carbons (Fsp3) is 0.588. The van der Waals surface area contributed by atoms with E-state index in [1.807, 2.05) is 0 Å². The minimum Gasteiger partial charge on any atom is -0.351 e. The minimum atomic E-state index is -3.76. The summed E-state index contributed by atoms with van der Waals surface area (Å²) in [5.74, 6) is -0.344. The number of hydrogen-bond acceptors (Lipinski definition) is 4. The fourth-order valence-electron chi connectivity index (χ4n) is 3.70. The van der Waals surface area contributed by atoms with Crippen LogP contribution in [0, 0.1) is 0 Å². The van der Waals surface area contributed by atoms with Crippen LogP contribution < -0.4 is 10.6 Å². The van der Waals surface area contributed by atoms with Gasteiger partial charge >= 0.3 is 0 Å². The van der Waals surface area contributed by atoms with Crippen molar-refractivity contribution in [2.75, 3.05) is 13.1 Å². The quantitative estimate of drug-likeness (QED) is 0.805. The van der Waals surface area contributed by atoms with Gasteiger partial charge in [0.2, 0.25) is 5.91 Å². The number of benzene rings is 1. The molecular weight excluding hydrogens is 383 g/mol. The van der Waals surface area contributed by atoms with Gasteiger partial charge in [0.25, 0.3) is 0 Å². The molecule has 1 aromatic carbocycles. The van der Waals surface area contributed by atoms with E-state index in [1.165, 1.54) is 12.1 Å². The van der Waals surface area contributed by atoms with Crippen LogP contribution in [0.5, 0.6) is 0 Å². The standard InChI is InChI=1S/C17H23ClN2O3S.ClH/c18-13-5-7-15(8-6-13)24(22,23)17(9-1-2-10-17)16(21)20-14-4-3-11-19-12-14;/h5-8,14,19H,1-4,9-12H2,(H,20,21);1H/t14-;/m0./s1. The smallest absolute Gasteiger partial charge is 0.242 e. The van der Waals surface area contributed by atoms with E-state index in [0.29, 0.717) is 24.4 Å². The molecule has 8 heteroatoms. The van der Waals surface area contributed by atoms with Gasteiger partial charge < -0.3 is 10.6 Å². The molecule has 1 saturated heterocycles. The van der Waals surface area contributed by atoms with Gasteiger partial charge in [0.15, 0.2) is 14.6 Å². The average Bonchev–Trinajstić information content (AvgIpc) is 3.08. The summed E-state index contributed by atoms with van der Waals surface area (Å²) in [6.45, 7) is 1.64. The van der Waals surface area contributed by atoms with Crippen molar-refractivity contribution in [2.24, 2.45) is 0 Å². The lowest BCUT2D eigenvalue weighted by atomic mass is 10.0. The average molecular weight is 407 g/mol. The molecule has 0 spiro atoms. The Bertz CT molecular complexity index is 695. The van der Waals surface area contributed by atoms with Crippen molar-refractivity contribution < 1.29 is 13.2 Å². The molecule has 2 N–H and O–H groups in total. The summed E-state index contributed by atoms with van der Waals surface area (Å²) < 4.78 is 25.1. The van der Waals surface area contributed by atoms with E-state index in [1.54, 1.807) is 12.1 Å². The van der Waals surface area contributed by atoms with E-state index in [0.717, 1.165) is 32.2 Å². The normalized spacial score (nSPS) is 22.8. The molecule has 1 aliphatic carbocycles. The lowest BCUT2D eigenvalue weighted by Crippen LogP contribution is -2.56. The van der Waals surface area contributed by atoms with Crippen LogP contribution in [0.1, 0.15) is 38.5 Å². The minimum absolute atomic E-state index is 0. The largest absolute Gasteiger partial charge is 0.351 e. The van der Waals surface area contributed by atoms with E-state index in [4.69, 9.17) is 11.6 Å². The lowest BCUT2D eigenvalue weighted by Gasteiger charge is -2.31. The van der Waals surface area contributed by atoms with Gasteiger partial charge in [-0.15, -0.1) is 12.4 Å². The second-order valence-corrected chi connectivity index (χ2v) is 9.37. The first-order valence-electron chi connectivity index (χ1n) is 8.48. The van der Waals surface area contributed by atoms with Crippen molar-refractivity contribution >= 4 is 39.8 Å². The Morgan fingerprint density at radius 1 is 1.16 bits per heavy atom. The highest BCUT2D eigenvalue weighted by Gasteiger charge is 2.53. The molecule has 25 heavy (non-hydrogen) atoms. The molecule has 3 rings (SSSR count). The van der Waals surface area contributed by atoms with E-state index in [-0.39, 0.29) is 29.3 Å². The SMILES string of the molecule is Cl.O=C(N[C@H]1CCCNC1)C1(S(=O)(=O)c2ccc(Cl)cc2)CCCC1. The Labute approximate surface area is 160 Å². The number of carbonyl (C=O) groups excluding carboxylic acids is 1. The first kappa shape index (κ1) is 20.5. The molecule has 5 nitrogen and oxygen atoms in total. The van der Waals surface area contributed by atoms with Gasteiger partial charge in [0.05, 0.1) is 4.90 Å². The molecule has 2 aliphatic rings. The summed E-state index contributed by atoms with van der Waals surface area (Å²) in [5.41, 5.74) is 0. The number of hydrogen-bond donors (Lipinski definition) is 2. The first-order chi connectivity index (χ1) is 11.5. The van der Waals surface area contributed by atoms with Crippen molar-refractivity contribution in [3.05, 3.63) is 29.3 Å². The summed E-state index contributed by atoms with van der Waals surface area (Å²) in [7, 11) is -3.76. The highest BCUT2D eigenvalue weighted by molar-refractivity contribution is 7.93.